The Kier molecular flexibility index (Phi) is 3.27. The van der Waals surface area contributed by atoms with Gasteiger partial charge in [0.05, 0.1) is 18.1 Å². The summed E-state index contributed by atoms with van der Waals surface area (Å²) in [5.74, 6) is -0.0201. The lowest BCUT2D eigenvalue weighted by atomic mass is 10.1. The van der Waals surface area contributed by atoms with E-state index in [0.29, 0.717) is 6.42 Å². The summed E-state index contributed by atoms with van der Waals surface area (Å²) < 4.78 is 0. The zero-order chi connectivity index (χ0) is 15.6. The Hall–Kier alpha value is -3.14. The third kappa shape index (κ3) is 2.66. The molecule has 0 aliphatic rings. The Labute approximate surface area is 133 Å². The van der Waals surface area contributed by atoms with Gasteiger partial charge in [0, 0.05) is 28.2 Å². The van der Waals surface area contributed by atoms with Crippen LogP contribution in [0.4, 0.5) is 5.69 Å². The molecule has 0 saturated carbocycles. The minimum Gasteiger partial charge on any atom is -0.353 e. The number of carbonyl (C=O) groups is 1. The second-order valence-corrected chi connectivity index (χ2v) is 5.52. The highest BCUT2D eigenvalue weighted by molar-refractivity contribution is 6.08. The van der Waals surface area contributed by atoms with Gasteiger partial charge in [-0.1, -0.05) is 36.4 Å². The number of nitrogens with zero attached hydrogens (tertiary/aromatic N) is 1. The maximum Gasteiger partial charge on any atom is 0.228 e. The van der Waals surface area contributed by atoms with Gasteiger partial charge in [0.25, 0.3) is 0 Å². The fourth-order valence-corrected chi connectivity index (χ4v) is 2.82. The van der Waals surface area contributed by atoms with Crippen molar-refractivity contribution >= 4 is 33.4 Å². The topological polar surface area (TPSA) is 57.8 Å². The SMILES string of the molecule is O=C(Cc1ccccc1)Nc1ccc2c(c1)[nH]c1cnccc12. The van der Waals surface area contributed by atoms with Gasteiger partial charge in [0.15, 0.2) is 0 Å². The summed E-state index contributed by atoms with van der Waals surface area (Å²) >= 11 is 0. The molecule has 2 aromatic heterocycles. The second kappa shape index (κ2) is 5.57. The predicted octanol–water partition coefficient (Wildman–Crippen LogP) is 3.90. The monoisotopic (exact) mass is 301 g/mol. The number of aromatic amines is 1. The van der Waals surface area contributed by atoms with Gasteiger partial charge in [-0.05, 0) is 23.8 Å². The molecule has 0 unspecified atom stereocenters. The number of benzene rings is 2. The summed E-state index contributed by atoms with van der Waals surface area (Å²) in [6, 6.07) is 17.6. The molecule has 2 heterocycles. The normalized spacial score (nSPS) is 11.0. The number of anilines is 1. The van der Waals surface area contributed by atoms with Gasteiger partial charge in [-0.3, -0.25) is 9.78 Å². The molecule has 4 aromatic rings. The van der Waals surface area contributed by atoms with E-state index < -0.39 is 0 Å². The molecule has 0 aliphatic carbocycles. The first-order chi connectivity index (χ1) is 11.3. The van der Waals surface area contributed by atoms with Crippen LogP contribution in [0.2, 0.25) is 0 Å². The highest BCUT2D eigenvalue weighted by Crippen LogP contribution is 2.26. The van der Waals surface area contributed by atoms with Crippen LogP contribution >= 0.6 is 0 Å². The zero-order valence-electron chi connectivity index (χ0n) is 12.4. The van der Waals surface area contributed by atoms with Crippen molar-refractivity contribution in [2.24, 2.45) is 0 Å². The van der Waals surface area contributed by atoms with Crippen LogP contribution in [0.15, 0.2) is 67.0 Å². The Balaban J connectivity index is 1.59. The Morgan fingerprint density at radius 1 is 1.00 bits per heavy atom. The standard InChI is InChI=1S/C19H15N3O/c23-19(10-13-4-2-1-3-5-13)21-14-6-7-15-16-8-9-20-12-18(16)22-17(15)11-14/h1-9,11-12,22H,10H2,(H,21,23). The molecule has 112 valence electrons. The lowest BCUT2D eigenvalue weighted by Gasteiger charge is -2.05. The van der Waals surface area contributed by atoms with Crippen molar-refractivity contribution < 1.29 is 4.79 Å². The van der Waals surface area contributed by atoms with Gasteiger partial charge in [0.1, 0.15) is 0 Å². The molecule has 0 aliphatic heterocycles. The average molecular weight is 301 g/mol. The summed E-state index contributed by atoms with van der Waals surface area (Å²) in [4.78, 5) is 19.6. The highest BCUT2D eigenvalue weighted by Gasteiger charge is 2.07. The molecular weight excluding hydrogens is 286 g/mol. The third-order valence-electron chi connectivity index (χ3n) is 3.89. The number of pyridine rings is 1. The Bertz CT molecular complexity index is 989. The molecule has 4 heteroatoms. The first-order valence-electron chi connectivity index (χ1n) is 7.49. The molecular formula is C19H15N3O. The number of amides is 1. The number of hydrogen-bond acceptors (Lipinski definition) is 2. The highest BCUT2D eigenvalue weighted by atomic mass is 16.1. The van der Waals surface area contributed by atoms with Crippen molar-refractivity contribution in [2.75, 3.05) is 5.32 Å². The molecule has 0 saturated heterocycles. The summed E-state index contributed by atoms with van der Waals surface area (Å²) in [5.41, 5.74) is 3.78. The molecule has 0 radical (unpaired) electrons. The number of rotatable bonds is 3. The zero-order valence-corrected chi connectivity index (χ0v) is 12.4. The van der Waals surface area contributed by atoms with E-state index >= 15 is 0 Å². The van der Waals surface area contributed by atoms with E-state index in [0.717, 1.165) is 33.1 Å². The fourth-order valence-electron chi connectivity index (χ4n) is 2.82. The first-order valence-corrected chi connectivity index (χ1v) is 7.49. The summed E-state index contributed by atoms with van der Waals surface area (Å²) in [5, 5.41) is 5.22. The molecule has 2 N–H and O–H groups in total. The minimum atomic E-state index is -0.0201. The quantitative estimate of drug-likeness (QED) is 0.603. The van der Waals surface area contributed by atoms with Crippen molar-refractivity contribution in [3.63, 3.8) is 0 Å². The van der Waals surface area contributed by atoms with Gasteiger partial charge in [0.2, 0.25) is 5.91 Å². The van der Waals surface area contributed by atoms with Gasteiger partial charge in [-0.15, -0.1) is 0 Å². The minimum absolute atomic E-state index is 0.0201. The molecule has 0 atom stereocenters. The molecule has 4 rings (SSSR count). The fraction of sp³-hybridized carbons (Fsp3) is 0.0526. The predicted molar refractivity (Wildman–Crippen MR) is 92.4 cm³/mol. The molecule has 4 nitrogen and oxygen atoms in total. The van der Waals surface area contributed by atoms with Crippen LogP contribution in [0, 0.1) is 0 Å². The molecule has 2 aromatic carbocycles. The Morgan fingerprint density at radius 3 is 2.70 bits per heavy atom. The Morgan fingerprint density at radius 2 is 1.83 bits per heavy atom. The molecule has 1 amide bonds. The smallest absolute Gasteiger partial charge is 0.228 e. The van der Waals surface area contributed by atoms with E-state index in [-0.39, 0.29) is 5.91 Å². The number of aromatic nitrogens is 2. The van der Waals surface area contributed by atoms with Crippen LogP contribution in [0.5, 0.6) is 0 Å². The van der Waals surface area contributed by atoms with Crippen LogP contribution in [0.25, 0.3) is 21.8 Å². The van der Waals surface area contributed by atoms with Gasteiger partial charge in [-0.25, -0.2) is 0 Å². The number of nitrogens with one attached hydrogen (secondary N) is 2. The van der Waals surface area contributed by atoms with Crippen molar-refractivity contribution in [3.05, 3.63) is 72.6 Å². The largest absolute Gasteiger partial charge is 0.353 e. The number of hydrogen-bond donors (Lipinski definition) is 2. The molecule has 0 fully saturated rings. The van der Waals surface area contributed by atoms with E-state index in [1.807, 2.05) is 60.8 Å². The second-order valence-electron chi connectivity index (χ2n) is 5.52. The lowest BCUT2D eigenvalue weighted by molar-refractivity contribution is -0.115. The van der Waals surface area contributed by atoms with Crippen molar-refractivity contribution in [2.45, 2.75) is 6.42 Å². The van der Waals surface area contributed by atoms with E-state index in [9.17, 15) is 4.79 Å². The first kappa shape index (κ1) is 13.5. The van der Waals surface area contributed by atoms with E-state index in [1.165, 1.54) is 0 Å². The number of carbonyl (C=O) groups excluding carboxylic acids is 1. The molecule has 0 bridgehead atoms. The van der Waals surface area contributed by atoms with Crippen molar-refractivity contribution in [1.82, 2.24) is 9.97 Å². The lowest BCUT2D eigenvalue weighted by Crippen LogP contribution is -2.14. The summed E-state index contributed by atoms with van der Waals surface area (Å²) in [6.45, 7) is 0. The van der Waals surface area contributed by atoms with E-state index in [4.69, 9.17) is 0 Å². The maximum atomic E-state index is 12.2. The molecule has 23 heavy (non-hydrogen) atoms. The summed E-state index contributed by atoms with van der Waals surface area (Å²) in [6.07, 6.45) is 3.96. The molecule has 0 spiro atoms. The van der Waals surface area contributed by atoms with Crippen LogP contribution in [-0.4, -0.2) is 15.9 Å². The van der Waals surface area contributed by atoms with Crippen LogP contribution < -0.4 is 5.32 Å². The van der Waals surface area contributed by atoms with Crippen molar-refractivity contribution in [1.29, 1.82) is 0 Å². The van der Waals surface area contributed by atoms with E-state index in [2.05, 4.69) is 15.3 Å². The van der Waals surface area contributed by atoms with Crippen molar-refractivity contribution in [3.8, 4) is 0 Å². The van der Waals surface area contributed by atoms with Gasteiger partial charge in [-0.2, -0.15) is 0 Å². The van der Waals surface area contributed by atoms with Gasteiger partial charge >= 0.3 is 0 Å². The maximum absolute atomic E-state index is 12.2. The van der Waals surface area contributed by atoms with Gasteiger partial charge < -0.3 is 10.3 Å². The number of H-pyrrole nitrogens is 1. The van der Waals surface area contributed by atoms with Crippen LogP contribution in [-0.2, 0) is 11.2 Å². The number of fused-ring (bicyclic) bond motifs is 3. The third-order valence-corrected chi connectivity index (χ3v) is 3.89. The summed E-state index contributed by atoms with van der Waals surface area (Å²) in [7, 11) is 0. The van der Waals surface area contributed by atoms with Crippen LogP contribution in [0.1, 0.15) is 5.56 Å². The van der Waals surface area contributed by atoms with Crippen LogP contribution in [0.3, 0.4) is 0 Å². The average Bonchev–Trinajstić information content (AvgIpc) is 2.93. The van der Waals surface area contributed by atoms with E-state index in [1.54, 1.807) is 6.20 Å².